The standard InChI is InChI=1S/C8H16FN/c1-2-3-7-6-10-5-4-8(7)9/h7-8,10H,2-6H2,1H3. The Balaban J connectivity index is 2.25. The summed E-state index contributed by atoms with van der Waals surface area (Å²) in [6.07, 6.45) is 2.31. The lowest BCUT2D eigenvalue weighted by atomic mass is 9.93. The first-order valence-corrected chi connectivity index (χ1v) is 4.19. The number of alkyl halides is 1. The van der Waals surface area contributed by atoms with Crippen molar-refractivity contribution in [2.45, 2.75) is 32.4 Å². The summed E-state index contributed by atoms with van der Waals surface area (Å²) in [6.45, 7) is 3.86. The second kappa shape index (κ2) is 3.91. The van der Waals surface area contributed by atoms with Crippen molar-refractivity contribution >= 4 is 0 Å². The van der Waals surface area contributed by atoms with Crippen LogP contribution in [0.2, 0.25) is 0 Å². The monoisotopic (exact) mass is 145 g/mol. The average Bonchev–Trinajstić information content (AvgIpc) is 1.94. The van der Waals surface area contributed by atoms with E-state index < -0.39 is 6.17 Å². The molecule has 1 heterocycles. The lowest BCUT2D eigenvalue weighted by Crippen LogP contribution is -2.37. The molecule has 1 fully saturated rings. The van der Waals surface area contributed by atoms with E-state index in [1.165, 1.54) is 0 Å². The third-order valence-electron chi connectivity index (χ3n) is 2.17. The maximum Gasteiger partial charge on any atom is 0.105 e. The number of rotatable bonds is 2. The van der Waals surface area contributed by atoms with E-state index >= 15 is 0 Å². The van der Waals surface area contributed by atoms with E-state index in [1.54, 1.807) is 0 Å². The molecule has 1 aliphatic rings. The summed E-state index contributed by atoms with van der Waals surface area (Å²) in [6, 6.07) is 0. The molecule has 1 N–H and O–H groups in total. The third kappa shape index (κ3) is 1.94. The lowest BCUT2D eigenvalue weighted by Gasteiger charge is -2.26. The molecule has 0 aromatic carbocycles. The predicted molar refractivity (Wildman–Crippen MR) is 40.8 cm³/mol. The highest BCUT2D eigenvalue weighted by Gasteiger charge is 2.22. The van der Waals surface area contributed by atoms with Crippen molar-refractivity contribution in [2.24, 2.45) is 5.92 Å². The van der Waals surface area contributed by atoms with E-state index in [1.807, 2.05) is 0 Å². The fourth-order valence-corrected chi connectivity index (χ4v) is 1.54. The van der Waals surface area contributed by atoms with Crippen LogP contribution in [0.1, 0.15) is 26.2 Å². The molecule has 0 aromatic rings. The number of halogens is 1. The van der Waals surface area contributed by atoms with Crippen LogP contribution < -0.4 is 5.32 Å². The summed E-state index contributed by atoms with van der Waals surface area (Å²) < 4.78 is 13.0. The topological polar surface area (TPSA) is 12.0 Å². The Labute approximate surface area is 62.0 Å². The first-order chi connectivity index (χ1) is 4.84. The molecule has 2 heteroatoms. The zero-order chi connectivity index (χ0) is 7.40. The fraction of sp³-hybridized carbons (Fsp3) is 1.00. The normalized spacial score (nSPS) is 34.2. The van der Waals surface area contributed by atoms with Crippen LogP contribution in [0.4, 0.5) is 4.39 Å². The van der Waals surface area contributed by atoms with Crippen LogP contribution in [-0.4, -0.2) is 19.3 Å². The first-order valence-electron chi connectivity index (χ1n) is 4.19. The van der Waals surface area contributed by atoms with Gasteiger partial charge in [0.25, 0.3) is 0 Å². The zero-order valence-corrected chi connectivity index (χ0v) is 6.57. The molecule has 0 bridgehead atoms. The summed E-state index contributed by atoms with van der Waals surface area (Å²) in [5.41, 5.74) is 0. The third-order valence-corrected chi connectivity index (χ3v) is 2.17. The Morgan fingerprint density at radius 3 is 3.00 bits per heavy atom. The molecular formula is C8H16FN. The average molecular weight is 145 g/mol. The zero-order valence-electron chi connectivity index (χ0n) is 6.57. The molecule has 1 rings (SSSR count). The van der Waals surface area contributed by atoms with E-state index in [4.69, 9.17) is 0 Å². The van der Waals surface area contributed by atoms with Crippen LogP contribution in [0, 0.1) is 5.92 Å². The summed E-state index contributed by atoms with van der Waals surface area (Å²) in [4.78, 5) is 0. The highest BCUT2D eigenvalue weighted by molar-refractivity contribution is 4.76. The maximum absolute atomic E-state index is 13.0. The first kappa shape index (κ1) is 7.99. The van der Waals surface area contributed by atoms with Gasteiger partial charge in [-0.25, -0.2) is 4.39 Å². The molecule has 0 aromatic heterocycles. The van der Waals surface area contributed by atoms with Crippen LogP contribution >= 0.6 is 0 Å². The smallest absolute Gasteiger partial charge is 0.105 e. The molecule has 0 amide bonds. The van der Waals surface area contributed by atoms with Gasteiger partial charge < -0.3 is 5.32 Å². The van der Waals surface area contributed by atoms with Gasteiger partial charge in [-0.2, -0.15) is 0 Å². The van der Waals surface area contributed by atoms with Gasteiger partial charge in [-0.1, -0.05) is 13.3 Å². The van der Waals surface area contributed by atoms with Crippen molar-refractivity contribution in [2.75, 3.05) is 13.1 Å². The van der Waals surface area contributed by atoms with Gasteiger partial charge in [-0.15, -0.1) is 0 Å². The van der Waals surface area contributed by atoms with Gasteiger partial charge in [-0.3, -0.25) is 0 Å². The molecule has 0 aliphatic carbocycles. The molecule has 2 unspecified atom stereocenters. The Morgan fingerprint density at radius 1 is 1.60 bits per heavy atom. The molecule has 1 nitrogen and oxygen atoms in total. The summed E-state index contributed by atoms with van der Waals surface area (Å²) in [7, 11) is 0. The van der Waals surface area contributed by atoms with Crippen LogP contribution in [0.15, 0.2) is 0 Å². The number of hydrogen-bond donors (Lipinski definition) is 1. The number of hydrogen-bond acceptors (Lipinski definition) is 1. The van der Waals surface area contributed by atoms with E-state index in [-0.39, 0.29) is 0 Å². The second-order valence-corrected chi connectivity index (χ2v) is 3.06. The van der Waals surface area contributed by atoms with Gasteiger partial charge >= 0.3 is 0 Å². The van der Waals surface area contributed by atoms with E-state index in [0.717, 1.165) is 25.9 Å². The summed E-state index contributed by atoms with van der Waals surface area (Å²) in [5, 5.41) is 3.21. The molecule has 0 saturated carbocycles. The Morgan fingerprint density at radius 2 is 2.40 bits per heavy atom. The van der Waals surface area contributed by atoms with Crippen molar-refractivity contribution in [1.29, 1.82) is 0 Å². The Bertz CT molecular complexity index is 93.3. The van der Waals surface area contributed by atoms with Gasteiger partial charge in [0.15, 0.2) is 0 Å². The van der Waals surface area contributed by atoms with Crippen LogP contribution in [-0.2, 0) is 0 Å². The van der Waals surface area contributed by atoms with Crippen LogP contribution in [0.5, 0.6) is 0 Å². The van der Waals surface area contributed by atoms with Gasteiger partial charge in [0, 0.05) is 12.5 Å². The molecule has 0 spiro atoms. The number of nitrogens with one attached hydrogen (secondary N) is 1. The minimum absolute atomic E-state index is 0.291. The van der Waals surface area contributed by atoms with E-state index in [2.05, 4.69) is 12.2 Å². The van der Waals surface area contributed by atoms with Crippen molar-refractivity contribution < 1.29 is 4.39 Å². The SMILES string of the molecule is CCCC1CNCCC1F. The maximum atomic E-state index is 13.0. The Hall–Kier alpha value is -0.110. The van der Waals surface area contributed by atoms with Gasteiger partial charge in [0.2, 0.25) is 0 Å². The lowest BCUT2D eigenvalue weighted by molar-refractivity contribution is 0.169. The highest BCUT2D eigenvalue weighted by Crippen LogP contribution is 2.19. The predicted octanol–water partition coefficient (Wildman–Crippen LogP) is 1.73. The fourth-order valence-electron chi connectivity index (χ4n) is 1.54. The van der Waals surface area contributed by atoms with Gasteiger partial charge in [0.05, 0.1) is 0 Å². The molecule has 2 atom stereocenters. The van der Waals surface area contributed by atoms with E-state index in [0.29, 0.717) is 12.3 Å². The molecule has 10 heavy (non-hydrogen) atoms. The van der Waals surface area contributed by atoms with E-state index in [9.17, 15) is 4.39 Å². The molecular weight excluding hydrogens is 129 g/mol. The van der Waals surface area contributed by atoms with Crippen LogP contribution in [0.3, 0.4) is 0 Å². The van der Waals surface area contributed by atoms with Crippen molar-refractivity contribution in [1.82, 2.24) is 5.32 Å². The minimum atomic E-state index is -0.541. The minimum Gasteiger partial charge on any atom is -0.316 e. The van der Waals surface area contributed by atoms with Gasteiger partial charge in [-0.05, 0) is 19.4 Å². The summed E-state index contributed by atoms with van der Waals surface area (Å²) >= 11 is 0. The van der Waals surface area contributed by atoms with Crippen molar-refractivity contribution in [3.05, 3.63) is 0 Å². The highest BCUT2D eigenvalue weighted by atomic mass is 19.1. The second-order valence-electron chi connectivity index (χ2n) is 3.06. The number of piperidine rings is 1. The van der Waals surface area contributed by atoms with Crippen molar-refractivity contribution in [3.63, 3.8) is 0 Å². The van der Waals surface area contributed by atoms with Gasteiger partial charge in [0.1, 0.15) is 6.17 Å². The molecule has 0 radical (unpaired) electrons. The molecule has 60 valence electrons. The molecule has 1 aliphatic heterocycles. The van der Waals surface area contributed by atoms with Crippen molar-refractivity contribution in [3.8, 4) is 0 Å². The molecule has 1 saturated heterocycles. The summed E-state index contributed by atoms with van der Waals surface area (Å²) in [5.74, 6) is 0.291. The quantitative estimate of drug-likeness (QED) is 0.624. The van der Waals surface area contributed by atoms with Crippen LogP contribution in [0.25, 0.3) is 0 Å². The Kier molecular flexibility index (Phi) is 3.13. The largest absolute Gasteiger partial charge is 0.316 e.